The van der Waals surface area contributed by atoms with Gasteiger partial charge in [-0.25, -0.2) is 0 Å². The van der Waals surface area contributed by atoms with Gasteiger partial charge in [-0.3, -0.25) is 0 Å². The van der Waals surface area contributed by atoms with Gasteiger partial charge in [0.15, 0.2) is 0 Å². The van der Waals surface area contributed by atoms with Crippen molar-refractivity contribution in [2.24, 2.45) is 5.92 Å². The molecule has 1 aromatic carbocycles. The highest BCUT2D eigenvalue weighted by Gasteiger charge is 1.98. The van der Waals surface area contributed by atoms with E-state index in [0.29, 0.717) is 5.92 Å². The fraction of sp³-hybridized carbons (Fsp3) is 0.500. The van der Waals surface area contributed by atoms with Gasteiger partial charge in [-0.05, 0) is 42.3 Å². The van der Waals surface area contributed by atoms with Crippen LogP contribution in [0.25, 0.3) is 0 Å². The Labute approximate surface area is 116 Å². The van der Waals surface area contributed by atoms with Crippen LogP contribution in [-0.2, 0) is 6.54 Å². The highest BCUT2D eigenvalue weighted by Crippen LogP contribution is 2.20. The van der Waals surface area contributed by atoms with Crippen molar-refractivity contribution in [3.63, 3.8) is 0 Å². The summed E-state index contributed by atoms with van der Waals surface area (Å²) in [5.74, 6) is 4.49. The van der Waals surface area contributed by atoms with Crippen molar-refractivity contribution in [1.82, 2.24) is 5.32 Å². The summed E-state index contributed by atoms with van der Waals surface area (Å²) in [5, 5.41) is 3.47. The Morgan fingerprint density at radius 1 is 1.39 bits per heavy atom. The van der Waals surface area contributed by atoms with Crippen LogP contribution in [-0.4, -0.2) is 12.3 Å². The van der Waals surface area contributed by atoms with Crippen molar-refractivity contribution in [3.05, 3.63) is 29.8 Å². The van der Waals surface area contributed by atoms with Gasteiger partial charge in [0.1, 0.15) is 0 Å². The number of thioether (sulfide) groups is 1. The molecule has 98 valence electrons. The number of unbranched alkanes of at least 4 members (excludes halogenated alkanes) is 1. The molecule has 1 N–H and O–H groups in total. The standard InChI is InChI=1S/C16H23NS/c1-4-5-6-10-18-16-9-7-8-15(11-16)13-17-12-14(2)3/h1,7-9,11,14,17H,5-6,10,12-13H2,2-3H3. The Balaban J connectivity index is 2.34. The lowest BCUT2D eigenvalue weighted by atomic mass is 10.2. The highest BCUT2D eigenvalue weighted by atomic mass is 32.2. The molecule has 18 heavy (non-hydrogen) atoms. The molecule has 1 nitrogen and oxygen atoms in total. The van der Waals surface area contributed by atoms with Crippen molar-refractivity contribution < 1.29 is 0 Å². The third-order valence-electron chi connectivity index (χ3n) is 2.51. The van der Waals surface area contributed by atoms with Gasteiger partial charge in [0, 0.05) is 17.9 Å². The molecule has 0 aliphatic heterocycles. The molecular weight excluding hydrogens is 238 g/mol. The second kappa shape index (κ2) is 9.08. The largest absolute Gasteiger partial charge is 0.312 e. The van der Waals surface area contributed by atoms with Gasteiger partial charge in [0.25, 0.3) is 0 Å². The number of rotatable bonds is 8. The van der Waals surface area contributed by atoms with Crippen LogP contribution in [0.5, 0.6) is 0 Å². The average molecular weight is 261 g/mol. The molecule has 1 rings (SSSR count). The van der Waals surface area contributed by atoms with Gasteiger partial charge in [-0.1, -0.05) is 26.0 Å². The number of terminal acetylenes is 1. The van der Waals surface area contributed by atoms with Crippen molar-refractivity contribution in [3.8, 4) is 12.3 Å². The monoisotopic (exact) mass is 261 g/mol. The predicted octanol–water partition coefficient (Wildman–Crippen LogP) is 3.94. The van der Waals surface area contributed by atoms with E-state index in [9.17, 15) is 0 Å². The topological polar surface area (TPSA) is 12.0 Å². The van der Waals surface area contributed by atoms with Gasteiger partial charge < -0.3 is 5.32 Å². The number of benzene rings is 1. The van der Waals surface area contributed by atoms with E-state index in [1.54, 1.807) is 0 Å². The van der Waals surface area contributed by atoms with Crippen LogP contribution in [0.2, 0.25) is 0 Å². The molecule has 0 spiro atoms. The lowest BCUT2D eigenvalue weighted by Gasteiger charge is -2.08. The molecule has 0 atom stereocenters. The smallest absolute Gasteiger partial charge is 0.0206 e. The Hall–Kier alpha value is -0.910. The molecule has 0 saturated heterocycles. The summed E-state index contributed by atoms with van der Waals surface area (Å²) in [5.41, 5.74) is 1.36. The molecule has 0 heterocycles. The number of hydrogen-bond acceptors (Lipinski definition) is 2. The van der Waals surface area contributed by atoms with Gasteiger partial charge >= 0.3 is 0 Å². The first-order valence-corrected chi connectivity index (χ1v) is 7.57. The van der Waals surface area contributed by atoms with Crippen LogP contribution in [0, 0.1) is 18.3 Å². The first kappa shape index (κ1) is 15.1. The average Bonchev–Trinajstić information content (AvgIpc) is 2.35. The Morgan fingerprint density at radius 2 is 2.22 bits per heavy atom. The summed E-state index contributed by atoms with van der Waals surface area (Å²) in [6, 6.07) is 8.76. The van der Waals surface area contributed by atoms with E-state index in [0.717, 1.165) is 31.7 Å². The summed E-state index contributed by atoms with van der Waals surface area (Å²) >= 11 is 1.89. The van der Waals surface area contributed by atoms with Gasteiger partial charge in [0.05, 0.1) is 0 Å². The van der Waals surface area contributed by atoms with Crippen molar-refractivity contribution in [2.75, 3.05) is 12.3 Å². The van der Waals surface area contributed by atoms with E-state index in [2.05, 4.69) is 49.4 Å². The zero-order valence-electron chi connectivity index (χ0n) is 11.4. The minimum atomic E-state index is 0.700. The maximum Gasteiger partial charge on any atom is 0.0206 e. The Kier molecular flexibility index (Phi) is 7.64. The highest BCUT2D eigenvalue weighted by molar-refractivity contribution is 7.99. The fourth-order valence-electron chi connectivity index (χ4n) is 1.61. The van der Waals surface area contributed by atoms with Gasteiger partial charge in [-0.2, -0.15) is 0 Å². The van der Waals surface area contributed by atoms with Crippen LogP contribution in [0.4, 0.5) is 0 Å². The third-order valence-corrected chi connectivity index (χ3v) is 3.59. The summed E-state index contributed by atoms with van der Waals surface area (Å²) in [4.78, 5) is 1.34. The molecule has 0 fully saturated rings. The summed E-state index contributed by atoms with van der Waals surface area (Å²) in [7, 11) is 0. The quantitative estimate of drug-likeness (QED) is 0.432. The van der Waals surface area contributed by atoms with Crippen molar-refractivity contribution >= 4 is 11.8 Å². The molecule has 0 aliphatic rings. The minimum Gasteiger partial charge on any atom is -0.312 e. The molecule has 0 amide bonds. The van der Waals surface area contributed by atoms with E-state index in [1.807, 2.05) is 11.8 Å². The SMILES string of the molecule is C#CCCCSc1cccc(CNCC(C)C)c1. The van der Waals surface area contributed by atoms with E-state index in [-0.39, 0.29) is 0 Å². The van der Waals surface area contributed by atoms with Gasteiger partial charge in [0.2, 0.25) is 0 Å². The lowest BCUT2D eigenvalue weighted by molar-refractivity contribution is 0.552. The first-order chi connectivity index (χ1) is 8.72. The summed E-state index contributed by atoms with van der Waals surface area (Å²) in [6.07, 6.45) is 7.22. The zero-order valence-corrected chi connectivity index (χ0v) is 12.2. The second-order valence-corrected chi connectivity index (χ2v) is 6.00. The number of hydrogen-bond donors (Lipinski definition) is 1. The van der Waals surface area contributed by atoms with E-state index >= 15 is 0 Å². The molecular formula is C16H23NS. The third kappa shape index (κ3) is 6.74. The van der Waals surface area contributed by atoms with E-state index in [1.165, 1.54) is 10.5 Å². The normalized spacial score (nSPS) is 10.6. The summed E-state index contributed by atoms with van der Waals surface area (Å²) in [6.45, 7) is 6.48. The van der Waals surface area contributed by atoms with Crippen LogP contribution >= 0.6 is 11.8 Å². The second-order valence-electron chi connectivity index (χ2n) is 4.83. The summed E-state index contributed by atoms with van der Waals surface area (Å²) < 4.78 is 0. The molecule has 0 aliphatic carbocycles. The molecule has 2 heteroatoms. The van der Waals surface area contributed by atoms with Crippen LogP contribution < -0.4 is 5.32 Å². The molecule has 0 unspecified atom stereocenters. The van der Waals surface area contributed by atoms with E-state index in [4.69, 9.17) is 6.42 Å². The maximum absolute atomic E-state index is 5.24. The predicted molar refractivity (Wildman–Crippen MR) is 81.8 cm³/mol. The maximum atomic E-state index is 5.24. The molecule has 0 aromatic heterocycles. The zero-order chi connectivity index (χ0) is 13.2. The number of nitrogens with one attached hydrogen (secondary N) is 1. The molecule has 0 saturated carbocycles. The van der Waals surface area contributed by atoms with E-state index < -0.39 is 0 Å². The Morgan fingerprint density at radius 3 is 2.94 bits per heavy atom. The fourth-order valence-corrected chi connectivity index (χ4v) is 2.55. The van der Waals surface area contributed by atoms with Crippen LogP contribution in [0.1, 0.15) is 32.3 Å². The minimum absolute atomic E-state index is 0.700. The van der Waals surface area contributed by atoms with Crippen molar-refractivity contribution in [2.45, 2.75) is 38.1 Å². The molecule has 0 radical (unpaired) electrons. The van der Waals surface area contributed by atoms with Crippen LogP contribution in [0.15, 0.2) is 29.2 Å². The molecule has 1 aromatic rings. The lowest BCUT2D eigenvalue weighted by Crippen LogP contribution is -2.18. The first-order valence-electron chi connectivity index (χ1n) is 6.58. The van der Waals surface area contributed by atoms with Crippen molar-refractivity contribution in [1.29, 1.82) is 0 Å². The van der Waals surface area contributed by atoms with Gasteiger partial charge in [-0.15, -0.1) is 24.1 Å². The Bertz CT molecular complexity index is 379. The molecule has 0 bridgehead atoms. The van der Waals surface area contributed by atoms with Crippen LogP contribution in [0.3, 0.4) is 0 Å².